The van der Waals surface area contributed by atoms with Gasteiger partial charge in [0.05, 0.1) is 17.6 Å². The fourth-order valence-electron chi connectivity index (χ4n) is 5.38. The van der Waals surface area contributed by atoms with E-state index < -0.39 is 11.6 Å². The number of piperazine rings is 2. The van der Waals surface area contributed by atoms with Gasteiger partial charge < -0.3 is 35.4 Å². The van der Waals surface area contributed by atoms with Gasteiger partial charge in [-0.3, -0.25) is 4.79 Å². The summed E-state index contributed by atoms with van der Waals surface area (Å²) in [5.74, 6) is -1.56. The van der Waals surface area contributed by atoms with Gasteiger partial charge >= 0.3 is 0 Å². The average Bonchev–Trinajstić information content (AvgIpc) is 3.39. The molecule has 5 heterocycles. The zero-order valence-corrected chi connectivity index (χ0v) is 23.1. The van der Waals surface area contributed by atoms with E-state index in [0.29, 0.717) is 38.4 Å². The van der Waals surface area contributed by atoms with E-state index in [2.05, 4.69) is 40.7 Å². The first-order chi connectivity index (χ1) is 19.9. The lowest BCUT2D eigenvalue weighted by molar-refractivity contribution is 0.0661. The van der Waals surface area contributed by atoms with Crippen LogP contribution in [0.4, 0.5) is 31.8 Å². The zero-order chi connectivity index (χ0) is 28.5. The van der Waals surface area contributed by atoms with Gasteiger partial charge in [0.25, 0.3) is 5.91 Å². The molecule has 13 heteroatoms. The Balaban J connectivity index is 1.33. The number of pyridine rings is 1. The molecule has 6 rings (SSSR count). The highest BCUT2D eigenvalue weighted by atomic mass is 19.1. The summed E-state index contributed by atoms with van der Waals surface area (Å²) in [6.07, 6.45) is 3.30. The summed E-state index contributed by atoms with van der Waals surface area (Å²) < 4.78 is 36.2. The first-order valence-electron chi connectivity index (χ1n) is 13.8. The molecule has 1 unspecified atom stereocenters. The van der Waals surface area contributed by atoms with Crippen LogP contribution in [0.2, 0.25) is 0 Å². The normalized spacial score (nSPS) is 19.1. The quantitative estimate of drug-likeness (QED) is 0.413. The minimum absolute atomic E-state index is 0.0248. The summed E-state index contributed by atoms with van der Waals surface area (Å²) >= 11 is 0. The number of nitrogens with one attached hydrogen (secondary N) is 3. The smallest absolute Gasteiger partial charge is 0.263 e. The summed E-state index contributed by atoms with van der Waals surface area (Å²) in [6, 6.07) is 4.64. The number of aromatic nitrogens is 3. The van der Waals surface area contributed by atoms with Crippen LogP contribution >= 0.6 is 0 Å². The van der Waals surface area contributed by atoms with Crippen molar-refractivity contribution in [3.8, 4) is 11.6 Å². The number of likely N-dealkylation sites (N-methyl/N-ethyl adjacent to an activating group) is 1. The Hall–Kier alpha value is -4.10. The maximum absolute atomic E-state index is 15.5. The second kappa shape index (κ2) is 11.4. The molecule has 11 nitrogen and oxygen atoms in total. The fourth-order valence-corrected chi connectivity index (χ4v) is 5.38. The van der Waals surface area contributed by atoms with Crippen molar-refractivity contribution in [2.75, 3.05) is 74.9 Å². The minimum atomic E-state index is -0.686. The third kappa shape index (κ3) is 5.59. The van der Waals surface area contributed by atoms with Crippen LogP contribution in [0.15, 0.2) is 30.7 Å². The number of nitrogens with zero attached hydrogens (tertiary/aromatic N) is 6. The molecule has 3 aromatic rings. The van der Waals surface area contributed by atoms with Gasteiger partial charge in [0.2, 0.25) is 5.88 Å². The number of amides is 1. The monoisotopic (exact) mass is 565 g/mol. The van der Waals surface area contributed by atoms with E-state index >= 15 is 4.39 Å². The van der Waals surface area contributed by atoms with E-state index in [1.165, 1.54) is 6.33 Å². The van der Waals surface area contributed by atoms with Crippen molar-refractivity contribution in [2.24, 2.45) is 0 Å². The van der Waals surface area contributed by atoms with Gasteiger partial charge in [-0.1, -0.05) is 0 Å². The highest BCUT2D eigenvalue weighted by molar-refractivity contribution is 6.01. The molecule has 3 aliphatic rings. The lowest BCUT2D eigenvalue weighted by Crippen LogP contribution is -2.47. The van der Waals surface area contributed by atoms with Crippen LogP contribution in [0.1, 0.15) is 22.8 Å². The maximum Gasteiger partial charge on any atom is 0.263 e. The van der Waals surface area contributed by atoms with Gasteiger partial charge in [-0.15, -0.1) is 0 Å². The van der Waals surface area contributed by atoms with Crippen LogP contribution in [0.25, 0.3) is 0 Å². The van der Waals surface area contributed by atoms with E-state index in [1.807, 2.05) is 26.1 Å². The topological polar surface area (TPSA) is 111 Å². The SMILES string of the molecule is CC1Cc2c(F)c(Oc3ncnc(Nc4ccc(N5CCNCC5)cn4)c3C(=O)N3CCN(C)CC3)cc(F)c2N1. The molecular formula is C28H33F2N9O2. The van der Waals surface area contributed by atoms with Gasteiger partial charge in [-0.25, -0.2) is 23.7 Å². The summed E-state index contributed by atoms with van der Waals surface area (Å²) in [7, 11) is 1.99. The van der Waals surface area contributed by atoms with E-state index in [1.54, 1.807) is 11.1 Å². The number of halogens is 2. The predicted molar refractivity (Wildman–Crippen MR) is 151 cm³/mol. The summed E-state index contributed by atoms with van der Waals surface area (Å²) in [6.45, 7) is 7.82. The van der Waals surface area contributed by atoms with Crippen molar-refractivity contribution >= 4 is 28.9 Å². The largest absolute Gasteiger partial charge is 0.435 e. The second-order valence-corrected chi connectivity index (χ2v) is 10.6. The Kier molecular flexibility index (Phi) is 7.54. The third-order valence-corrected chi connectivity index (χ3v) is 7.68. The van der Waals surface area contributed by atoms with Gasteiger partial charge in [0, 0.05) is 70.0 Å². The molecule has 0 saturated carbocycles. The number of benzene rings is 1. The summed E-state index contributed by atoms with van der Waals surface area (Å²) in [5.41, 5.74) is 1.37. The van der Waals surface area contributed by atoms with Crippen LogP contribution in [0.5, 0.6) is 11.6 Å². The molecule has 3 aliphatic heterocycles. The molecule has 0 radical (unpaired) electrons. The molecular weight excluding hydrogens is 532 g/mol. The molecule has 41 heavy (non-hydrogen) atoms. The number of carbonyl (C=O) groups excluding carboxylic acids is 1. The first kappa shape index (κ1) is 27.1. The van der Waals surface area contributed by atoms with Crippen LogP contribution in [-0.4, -0.2) is 96.1 Å². The van der Waals surface area contributed by atoms with Crippen LogP contribution < -0.4 is 25.6 Å². The van der Waals surface area contributed by atoms with Crippen molar-refractivity contribution in [3.05, 3.63) is 53.5 Å². The molecule has 1 aromatic carbocycles. The molecule has 0 bridgehead atoms. The third-order valence-electron chi connectivity index (χ3n) is 7.68. The Morgan fingerprint density at radius 3 is 2.59 bits per heavy atom. The molecule has 3 N–H and O–H groups in total. The van der Waals surface area contributed by atoms with Gasteiger partial charge in [0.15, 0.2) is 23.2 Å². The number of anilines is 4. The molecule has 1 atom stereocenters. The molecule has 2 saturated heterocycles. The lowest BCUT2D eigenvalue weighted by Gasteiger charge is -2.32. The van der Waals surface area contributed by atoms with Crippen molar-refractivity contribution in [1.82, 2.24) is 30.1 Å². The lowest BCUT2D eigenvalue weighted by atomic mass is 10.1. The molecule has 0 aliphatic carbocycles. The highest BCUT2D eigenvalue weighted by Gasteiger charge is 2.31. The molecule has 1 amide bonds. The van der Waals surface area contributed by atoms with Crippen molar-refractivity contribution in [2.45, 2.75) is 19.4 Å². The highest BCUT2D eigenvalue weighted by Crippen LogP contribution is 2.39. The molecule has 216 valence electrons. The summed E-state index contributed by atoms with van der Waals surface area (Å²) in [4.78, 5) is 33.0. The number of hydrogen-bond donors (Lipinski definition) is 3. The zero-order valence-electron chi connectivity index (χ0n) is 23.1. The predicted octanol–water partition coefficient (Wildman–Crippen LogP) is 2.84. The average molecular weight is 566 g/mol. The number of fused-ring (bicyclic) bond motifs is 1. The Bertz CT molecular complexity index is 1430. The van der Waals surface area contributed by atoms with E-state index in [9.17, 15) is 9.18 Å². The first-order valence-corrected chi connectivity index (χ1v) is 13.8. The molecule has 2 fully saturated rings. The summed E-state index contributed by atoms with van der Waals surface area (Å²) in [5, 5.41) is 9.40. The number of ether oxygens (including phenoxy) is 1. The Labute approximate surface area is 236 Å². The van der Waals surface area contributed by atoms with Crippen LogP contribution in [0, 0.1) is 11.6 Å². The van der Waals surface area contributed by atoms with E-state index in [0.717, 1.165) is 37.9 Å². The molecule has 2 aromatic heterocycles. The van der Waals surface area contributed by atoms with Crippen LogP contribution in [0.3, 0.4) is 0 Å². The van der Waals surface area contributed by atoms with Crippen molar-refractivity contribution in [1.29, 1.82) is 0 Å². The number of rotatable bonds is 6. The van der Waals surface area contributed by atoms with Gasteiger partial charge in [-0.05, 0) is 32.5 Å². The maximum atomic E-state index is 15.5. The molecule has 0 spiro atoms. The van der Waals surface area contributed by atoms with Crippen LogP contribution in [-0.2, 0) is 6.42 Å². The van der Waals surface area contributed by atoms with E-state index in [4.69, 9.17) is 4.74 Å². The fraction of sp³-hybridized carbons (Fsp3) is 0.429. The second-order valence-electron chi connectivity index (χ2n) is 10.6. The van der Waals surface area contributed by atoms with Gasteiger partial charge in [-0.2, -0.15) is 0 Å². The van der Waals surface area contributed by atoms with E-state index in [-0.39, 0.29) is 46.2 Å². The van der Waals surface area contributed by atoms with Gasteiger partial charge in [0.1, 0.15) is 17.7 Å². The van der Waals surface area contributed by atoms with Crippen molar-refractivity contribution < 1.29 is 18.3 Å². The Morgan fingerprint density at radius 2 is 1.85 bits per heavy atom. The number of hydrogen-bond acceptors (Lipinski definition) is 10. The minimum Gasteiger partial charge on any atom is -0.435 e. The van der Waals surface area contributed by atoms with Crippen molar-refractivity contribution in [3.63, 3.8) is 0 Å². The standard InChI is InChI=1S/C28H33F2N9O2/c1-17-13-19-24(30)21(14-20(29)25(19)35-17)41-27-23(28(40)39-11-9-37(2)10-12-39)26(33-16-34-27)36-22-4-3-18(15-32-22)38-7-5-31-6-8-38/h3-4,14-17,31,35H,5-13H2,1-2H3,(H,32,33,34,36). The number of carbonyl (C=O) groups is 1. The Morgan fingerprint density at radius 1 is 1.07 bits per heavy atom.